The molecule has 0 aliphatic heterocycles. The third kappa shape index (κ3) is 17.6. The summed E-state index contributed by atoms with van der Waals surface area (Å²) in [6.07, 6.45) is 0. The van der Waals surface area contributed by atoms with Crippen molar-refractivity contribution in [3.63, 3.8) is 0 Å². The minimum atomic E-state index is -0.0957. The Hall–Kier alpha value is 2.48. The van der Waals surface area contributed by atoms with Gasteiger partial charge in [0.15, 0.2) is 0 Å². The second kappa shape index (κ2) is 17.9. The van der Waals surface area contributed by atoms with Crippen molar-refractivity contribution >= 4 is 42.7 Å². The molecule has 0 amide bonds. The topological polar surface area (TPSA) is 0 Å². The number of rotatable bonds is 6. The van der Waals surface area contributed by atoms with Crippen LogP contribution in [0.3, 0.4) is 0 Å². The summed E-state index contributed by atoms with van der Waals surface area (Å²) in [5.41, 5.74) is 5.61. The van der Waals surface area contributed by atoms with Crippen molar-refractivity contribution in [1.29, 1.82) is 0 Å². The molecule has 0 nitrogen and oxygen atoms in total. The van der Waals surface area contributed by atoms with Crippen LogP contribution in [-0.2, 0) is 13.9 Å². The molecular weight excluding hydrogens is 544 g/mol. The van der Waals surface area contributed by atoms with E-state index in [4.69, 9.17) is 0 Å². The summed E-state index contributed by atoms with van der Waals surface area (Å²) in [7, 11) is -0.191. The predicted molar refractivity (Wildman–Crippen MR) is 125 cm³/mol. The fourth-order valence-corrected chi connectivity index (χ4v) is 12.0. The summed E-state index contributed by atoms with van der Waals surface area (Å²) in [5, 5.41) is 0. The maximum atomic E-state index is 3.11. The first kappa shape index (κ1) is 30.2. The fraction of sp³-hybridized carbons (Fsp3) is 1.00. The molecule has 0 rings (SSSR count). The Morgan fingerprint density at radius 1 is 0.435 bits per heavy atom. The van der Waals surface area contributed by atoms with Gasteiger partial charge in [0.2, 0.25) is 0 Å². The van der Waals surface area contributed by atoms with Crippen LogP contribution in [0, 0.1) is 0 Å². The van der Waals surface area contributed by atoms with Crippen LogP contribution in [0.15, 0.2) is 0 Å². The zero-order valence-electron chi connectivity index (χ0n) is 17.5. The van der Waals surface area contributed by atoms with E-state index in [1.54, 1.807) is 0 Å². The number of hydrogen-bond donors (Lipinski definition) is 0. The van der Waals surface area contributed by atoms with Gasteiger partial charge in [0.1, 0.15) is 0 Å². The molecule has 0 N–H and O–H groups in total. The molecule has 0 aromatic carbocycles. The van der Waals surface area contributed by atoms with E-state index < -0.39 is 0 Å². The van der Waals surface area contributed by atoms with Crippen molar-refractivity contribution in [2.45, 2.75) is 117 Å². The summed E-state index contributed by atoms with van der Waals surface area (Å²) in [5.74, 6) is 0. The van der Waals surface area contributed by atoms with Gasteiger partial charge in [0, 0.05) is 15.8 Å². The van der Waals surface area contributed by atoms with Crippen molar-refractivity contribution in [1.82, 2.24) is 0 Å². The van der Waals surface area contributed by atoms with Crippen LogP contribution < -0.4 is 0 Å². The molecule has 0 aromatic heterocycles. The first-order valence-corrected chi connectivity index (χ1v) is 19.5. The van der Waals surface area contributed by atoms with E-state index in [-0.39, 0.29) is 15.8 Å². The van der Waals surface area contributed by atoms with Gasteiger partial charge >= 0.3 is 40.8 Å². The van der Waals surface area contributed by atoms with Gasteiger partial charge in [-0.2, -0.15) is 0 Å². The molecule has 0 saturated carbocycles. The molecule has 0 radical (unpaired) electrons. The molecule has 0 fully saturated rings. The second-order valence-corrected chi connectivity index (χ2v) is 24.1. The van der Waals surface area contributed by atoms with Gasteiger partial charge in [0.25, 0.3) is 0 Å². The molecule has 0 saturated heterocycles. The van der Waals surface area contributed by atoms with E-state index in [1.807, 2.05) is 0 Å². The molecule has 23 heavy (non-hydrogen) atoms. The minimum absolute atomic E-state index is 0.0957. The van der Waals surface area contributed by atoms with Crippen molar-refractivity contribution in [3.05, 3.63) is 0 Å². The summed E-state index contributed by atoms with van der Waals surface area (Å²) >= 11 is 6.80. The van der Waals surface area contributed by atoms with Crippen molar-refractivity contribution in [2.75, 3.05) is 0 Å². The van der Waals surface area contributed by atoms with Gasteiger partial charge in [-0.05, 0) is 83.1 Å². The zero-order chi connectivity index (χ0) is 19.3. The Bertz CT molecular complexity index is 183. The number of hydrogen-bond acceptors (Lipinski definition) is 0. The van der Waals surface area contributed by atoms with Crippen molar-refractivity contribution in [2.24, 2.45) is 0 Å². The number of halogens is 2. The van der Waals surface area contributed by atoms with Crippen LogP contribution in [0.25, 0.3) is 0 Å². The first-order valence-electron chi connectivity index (χ1n) is 8.90. The van der Waals surface area contributed by atoms with Crippen LogP contribution in [0.5, 0.6) is 0 Å². The van der Waals surface area contributed by atoms with Crippen molar-refractivity contribution < 1.29 is 13.9 Å². The standard InChI is InChI=1S/2C9H21P.2BrH.Pd/c2*1-7(2)10(8(3)4)9(5)6;;;/h2*7-9H,1-6H3;2*1H;/q;;;;+2. The van der Waals surface area contributed by atoms with Crippen LogP contribution in [0.4, 0.5) is 0 Å². The average molecular weight is 589 g/mol. The van der Waals surface area contributed by atoms with Crippen LogP contribution >= 0.6 is 42.7 Å². The molecule has 0 unspecified atom stereocenters. The van der Waals surface area contributed by atoms with Crippen LogP contribution in [0.2, 0.25) is 0 Å². The van der Waals surface area contributed by atoms with E-state index >= 15 is 0 Å². The molecule has 0 bridgehead atoms. The SMILES string of the molecule is CC(C)[PH+](C(C)C)C(C)C.CC(C)[PH+](C(C)C)C(C)C.[Br][Pd][Br]. The molecule has 0 aliphatic carbocycles. The Kier molecular flexibility index (Phi) is 23.5. The first-order chi connectivity index (χ1) is 10.3. The predicted octanol–water partition coefficient (Wildman–Crippen LogP) is 8.54. The average Bonchev–Trinajstić information content (AvgIpc) is 2.26. The third-order valence-electron chi connectivity index (χ3n) is 4.00. The van der Waals surface area contributed by atoms with Crippen molar-refractivity contribution in [3.8, 4) is 0 Å². The maximum absolute atomic E-state index is 3.11. The van der Waals surface area contributed by atoms with Gasteiger partial charge in [0.05, 0.1) is 34.0 Å². The van der Waals surface area contributed by atoms with E-state index in [0.717, 1.165) is 34.0 Å². The van der Waals surface area contributed by atoms with Gasteiger partial charge in [-0.15, -0.1) is 0 Å². The van der Waals surface area contributed by atoms with Gasteiger partial charge in [-0.25, -0.2) is 0 Å². The van der Waals surface area contributed by atoms with Gasteiger partial charge in [-0.3, -0.25) is 0 Å². The molecule has 0 atom stereocenters. The molecular formula is C18H44Br2P2Pd+2. The van der Waals surface area contributed by atoms with E-state index in [2.05, 4.69) is 110 Å². The monoisotopic (exact) mass is 586 g/mol. The van der Waals surface area contributed by atoms with Gasteiger partial charge in [-0.1, -0.05) is 0 Å². The molecule has 0 spiro atoms. The second-order valence-electron chi connectivity index (χ2n) is 7.97. The normalized spacial score (nSPS) is 11.9. The summed E-state index contributed by atoms with van der Waals surface area (Å²) in [4.78, 5) is 0. The Morgan fingerprint density at radius 3 is 0.522 bits per heavy atom. The summed E-state index contributed by atoms with van der Waals surface area (Å²) in [6.45, 7) is 28.4. The van der Waals surface area contributed by atoms with E-state index in [1.165, 1.54) is 0 Å². The Balaban J connectivity index is -0.000000297. The molecule has 5 heteroatoms. The van der Waals surface area contributed by atoms with Crippen LogP contribution in [0.1, 0.15) is 83.1 Å². The molecule has 0 heterocycles. The van der Waals surface area contributed by atoms with Gasteiger partial charge < -0.3 is 0 Å². The van der Waals surface area contributed by atoms with Crippen LogP contribution in [-0.4, -0.2) is 34.0 Å². The third-order valence-corrected chi connectivity index (χ3v) is 12.0. The summed E-state index contributed by atoms with van der Waals surface area (Å²) < 4.78 is 0. The van der Waals surface area contributed by atoms with E-state index in [0.29, 0.717) is 13.9 Å². The quantitative estimate of drug-likeness (QED) is 0.216. The van der Waals surface area contributed by atoms with E-state index in [9.17, 15) is 0 Å². The molecule has 148 valence electrons. The zero-order valence-corrected chi connectivity index (χ0v) is 24.3. The fourth-order valence-electron chi connectivity index (χ4n) is 4.00. The Labute approximate surface area is 172 Å². The molecule has 0 aliphatic rings. The Morgan fingerprint density at radius 2 is 0.522 bits per heavy atom. The molecule has 0 aromatic rings. The summed E-state index contributed by atoms with van der Waals surface area (Å²) in [6, 6.07) is 0.